The molecular weight excluding hydrogens is 100 g/mol. The quantitative estimate of drug-likeness (QED) is 0.419. The van der Waals surface area contributed by atoms with Crippen molar-refractivity contribution in [1.82, 2.24) is 0 Å². The summed E-state index contributed by atoms with van der Waals surface area (Å²) in [6.45, 7) is 3.81. The molecule has 0 spiro atoms. The molecule has 0 unspecified atom stereocenters. The van der Waals surface area contributed by atoms with Gasteiger partial charge in [0.15, 0.2) is 0 Å². The third-order valence-corrected chi connectivity index (χ3v) is 0.781. The van der Waals surface area contributed by atoms with Gasteiger partial charge in [0, 0.05) is 0 Å². The summed E-state index contributed by atoms with van der Waals surface area (Å²) < 4.78 is 0. The second-order valence-electron chi connectivity index (χ2n) is 1.35. The highest BCUT2D eigenvalue weighted by molar-refractivity contribution is 4.95. The Kier molecular flexibility index (Phi) is 3.81. The molecule has 0 fully saturated rings. The Morgan fingerprint density at radius 2 is 2.50 bits per heavy atom. The van der Waals surface area contributed by atoms with Crippen molar-refractivity contribution in [2.45, 2.75) is 20.3 Å². The van der Waals surface area contributed by atoms with E-state index >= 15 is 0 Å². The topological polar surface area (TPSA) is 36.2 Å². The average Bonchev–Trinajstić information content (AvgIpc) is 1.83. The van der Waals surface area contributed by atoms with Crippen LogP contribution in [0.5, 0.6) is 0 Å². The number of allylic oxidation sites excluding steroid dienone is 1. The van der Waals surface area contributed by atoms with Crippen LogP contribution in [0.1, 0.15) is 20.3 Å². The first-order chi connectivity index (χ1) is 3.85. The molecule has 0 aromatic carbocycles. The Bertz CT molecular complexity index is 129. The summed E-state index contributed by atoms with van der Waals surface area (Å²) in [5.74, 6) is 0. The zero-order chi connectivity index (χ0) is 6.41. The van der Waals surface area contributed by atoms with E-state index < -0.39 is 0 Å². The van der Waals surface area contributed by atoms with Crippen molar-refractivity contribution in [3.05, 3.63) is 17.5 Å². The summed E-state index contributed by atoms with van der Waals surface area (Å²) in [5, 5.41) is 3.22. The maximum absolute atomic E-state index is 6.57. The van der Waals surface area contributed by atoms with Crippen LogP contribution in [0.3, 0.4) is 0 Å². The largest absolute Gasteiger partial charge is 0.204 e. The number of nitrogens with zero attached hydrogens (tertiary/aromatic N) is 1. The van der Waals surface area contributed by atoms with Crippen molar-refractivity contribution >= 4 is 0 Å². The van der Waals surface area contributed by atoms with Crippen LogP contribution >= 0.6 is 0 Å². The standard InChI is InChI=1S/C6H10N2/c1-3-5-6(4-2)8-7/h3,7H,4H2,1-2H3. The Morgan fingerprint density at radius 3 is 2.62 bits per heavy atom. The minimum Gasteiger partial charge on any atom is -0.204 e. The van der Waals surface area contributed by atoms with E-state index in [0.29, 0.717) is 5.70 Å². The maximum Gasteiger partial charge on any atom is 0.103 e. The molecule has 2 nitrogen and oxygen atoms in total. The van der Waals surface area contributed by atoms with E-state index in [0.717, 1.165) is 6.42 Å². The molecule has 0 heterocycles. The normalized spacial score (nSPS) is 7.25. The maximum atomic E-state index is 6.57. The van der Waals surface area contributed by atoms with E-state index in [1.54, 1.807) is 6.08 Å². The molecule has 2 heteroatoms. The van der Waals surface area contributed by atoms with Gasteiger partial charge in [-0.3, -0.25) is 0 Å². The predicted molar refractivity (Wildman–Crippen MR) is 32.7 cm³/mol. The molecule has 44 valence electrons. The van der Waals surface area contributed by atoms with E-state index in [1.165, 1.54) is 0 Å². The summed E-state index contributed by atoms with van der Waals surface area (Å²) in [5.41, 5.74) is 10.1. The van der Waals surface area contributed by atoms with Crippen LogP contribution in [0.4, 0.5) is 0 Å². The van der Waals surface area contributed by atoms with Gasteiger partial charge in [-0.1, -0.05) is 6.92 Å². The third-order valence-electron chi connectivity index (χ3n) is 0.781. The van der Waals surface area contributed by atoms with Crippen molar-refractivity contribution in [3.8, 4) is 0 Å². The fourth-order valence-corrected chi connectivity index (χ4v) is 0.380. The second-order valence-corrected chi connectivity index (χ2v) is 1.35. The molecular formula is C6H10N2. The first kappa shape index (κ1) is 7.12. The highest BCUT2D eigenvalue weighted by Gasteiger charge is 1.81. The zero-order valence-electron chi connectivity index (χ0n) is 5.23. The number of hydrogen-bond donors (Lipinski definition) is 1. The molecule has 0 aliphatic heterocycles. The van der Waals surface area contributed by atoms with Crippen LogP contribution in [0.15, 0.2) is 22.6 Å². The van der Waals surface area contributed by atoms with Crippen molar-refractivity contribution in [1.29, 1.82) is 5.53 Å². The SMILES string of the molecule is CC=C=C(CC)N=N. The summed E-state index contributed by atoms with van der Waals surface area (Å²) in [4.78, 5) is 0. The number of hydrogen-bond acceptors (Lipinski definition) is 2. The van der Waals surface area contributed by atoms with Gasteiger partial charge in [-0.05, 0) is 19.4 Å². The second kappa shape index (κ2) is 4.28. The molecule has 0 aromatic rings. The average molecular weight is 110 g/mol. The van der Waals surface area contributed by atoms with Crippen LogP contribution in [0, 0.1) is 5.53 Å². The molecule has 8 heavy (non-hydrogen) atoms. The first-order valence-electron chi connectivity index (χ1n) is 2.62. The monoisotopic (exact) mass is 110 g/mol. The molecule has 0 aromatic heterocycles. The van der Waals surface area contributed by atoms with Crippen molar-refractivity contribution < 1.29 is 0 Å². The molecule has 0 aliphatic carbocycles. The fraction of sp³-hybridized carbons (Fsp3) is 0.500. The molecule has 0 rings (SSSR count). The lowest BCUT2D eigenvalue weighted by Crippen LogP contribution is -1.65. The minimum atomic E-state index is 0.701. The lowest BCUT2D eigenvalue weighted by Gasteiger charge is -1.82. The van der Waals surface area contributed by atoms with Crippen molar-refractivity contribution in [2.75, 3.05) is 0 Å². The third kappa shape index (κ3) is 2.32. The lowest BCUT2D eigenvalue weighted by molar-refractivity contribution is 0.966. The molecule has 0 saturated heterocycles. The van der Waals surface area contributed by atoms with Gasteiger partial charge in [0.25, 0.3) is 0 Å². The van der Waals surface area contributed by atoms with Crippen LogP contribution in [0.25, 0.3) is 0 Å². The van der Waals surface area contributed by atoms with Crippen LogP contribution in [-0.2, 0) is 0 Å². The molecule has 0 saturated carbocycles. The van der Waals surface area contributed by atoms with E-state index in [2.05, 4.69) is 10.8 Å². The van der Waals surface area contributed by atoms with Crippen LogP contribution in [0.2, 0.25) is 0 Å². The van der Waals surface area contributed by atoms with Gasteiger partial charge in [0.1, 0.15) is 5.70 Å². The highest BCUT2D eigenvalue weighted by atomic mass is 15.0. The smallest absolute Gasteiger partial charge is 0.103 e. The molecule has 0 atom stereocenters. The summed E-state index contributed by atoms with van der Waals surface area (Å²) >= 11 is 0. The molecule has 1 N–H and O–H groups in total. The van der Waals surface area contributed by atoms with Gasteiger partial charge in [-0.15, -0.1) is 5.73 Å². The highest BCUT2D eigenvalue weighted by Crippen LogP contribution is 1.96. The van der Waals surface area contributed by atoms with E-state index in [1.807, 2.05) is 13.8 Å². The van der Waals surface area contributed by atoms with E-state index in [9.17, 15) is 0 Å². The van der Waals surface area contributed by atoms with Crippen LogP contribution in [-0.4, -0.2) is 0 Å². The Morgan fingerprint density at radius 1 is 1.88 bits per heavy atom. The van der Waals surface area contributed by atoms with E-state index in [4.69, 9.17) is 5.53 Å². The Labute approximate surface area is 49.4 Å². The lowest BCUT2D eigenvalue weighted by atomic mass is 10.4. The van der Waals surface area contributed by atoms with Gasteiger partial charge in [0.2, 0.25) is 0 Å². The molecule has 0 amide bonds. The number of rotatable bonds is 2. The van der Waals surface area contributed by atoms with Crippen molar-refractivity contribution in [2.24, 2.45) is 5.11 Å². The van der Waals surface area contributed by atoms with Crippen LogP contribution < -0.4 is 0 Å². The Balaban J connectivity index is 4.08. The van der Waals surface area contributed by atoms with Gasteiger partial charge in [0.05, 0.1) is 0 Å². The van der Waals surface area contributed by atoms with Gasteiger partial charge >= 0.3 is 0 Å². The van der Waals surface area contributed by atoms with Gasteiger partial charge in [-0.25, -0.2) is 5.53 Å². The van der Waals surface area contributed by atoms with Gasteiger partial charge < -0.3 is 0 Å². The predicted octanol–water partition coefficient (Wildman–Crippen LogP) is 2.49. The minimum absolute atomic E-state index is 0.701. The molecule has 0 radical (unpaired) electrons. The number of nitrogens with one attached hydrogen (secondary N) is 1. The van der Waals surface area contributed by atoms with Gasteiger partial charge in [-0.2, -0.15) is 5.11 Å². The Hall–Kier alpha value is -0.880. The van der Waals surface area contributed by atoms with E-state index in [-0.39, 0.29) is 0 Å². The summed E-state index contributed by atoms with van der Waals surface area (Å²) in [6, 6.07) is 0. The zero-order valence-corrected chi connectivity index (χ0v) is 5.23. The molecule has 0 aliphatic rings. The van der Waals surface area contributed by atoms with Crippen molar-refractivity contribution in [3.63, 3.8) is 0 Å². The first-order valence-corrected chi connectivity index (χ1v) is 2.62. The summed E-state index contributed by atoms with van der Waals surface area (Å²) in [6.07, 6.45) is 2.55. The summed E-state index contributed by atoms with van der Waals surface area (Å²) in [7, 11) is 0. The molecule has 0 bridgehead atoms. The fourth-order valence-electron chi connectivity index (χ4n) is 0.380.